The highest BCUT2D eigenvalue weighted by Gasteiger charge is 2.27. The Kier molecular flexibility index (Phi) is 6.94. The van der Waals surface area contributed by atoms with Gasteiger partial charge in [-0.25, -0.2) is 0 Å². The predicted octanol–water partition coefficient (Wildman–Crippen LogP) is 4.71. The van der Waals surface area contributed by atoms with Gasteiger partial charge in [-0.3, -0.25) is 9.36 Å². The standard InChI is InChI=1S/C22H30N4OS/c1-5-14-26-20(18-11-9-10-16(2)15-18)23-24-22(26)28-17(3)21(27)25(4)19-12-7-6-8-13-19/h5,9-11,15,17,19H,1,6-8,12-14H2,2-4H3. The van der Waals surface area contributed by atoms with E-state index in [9.17, 15) is 4.79 Å². The molecule has 0 saturated heterocycles. The summed E-state index contributed by atoms with van der Waals surface area (Å²) < 4.78 is 2.04. The van der Waals surface area contributed by atoms with Gasteiger partial charge in [0.1, 0.15) is 0 Å². The third kappa shape index (κ3) is 4.66. The molecule has 1 aliphatic carbocycles. The monoisotopic (exact) mass is 398 g/mol. The number of carbonyl (C=O) groups excluding carboxylic acids is 1. The van der Waals surface area contributed by atoms with E-state index in [1.54, 1.807) is 0 Å². The second-order valence-corrected chi connectivity index (χ2v) is 8.88. The molecule has 1 amide bonds. The zero-order valence-corrected chi connectivity index (χ0v) is 17.9. The van der Waals surface area contributed by atoms with Crippen LogP contribution < -0.4 is 0 Å². The molecule has 2 aromatic rings. The first-order chi connectivity index (χ1) is 13.5. The summed E-state index contributed by atoms with van der Waals surface area (Å²) in [4.78, 5) is 14.9. The quantitative estimate of drug-likeness (QED) is 0.501. The third-order valence-electron chi connectivity index (χ3n) is 5.40. The lowest BCUT2D eigenvalue weighted by Gasteiger charge is -2.32. The molecular weight excluding hydrogens is 368 g/mol. The molecular formula is C22H30N4OS. The van der Waals surface area contributed by atoms with Gasteiger partial charge >= 0.3 is 0 Å². The number of amides is 1. The van der Waals surface area contributed by atoms with Gasteiger partial charge < -0.3 is 4.90 Å². The molecule has 150 valence electrons. The number of hydrogen-bond donors (Lipinski definition) is 0. The van der Waals surface area contributed by atoms with Crippen LogP contribution in [0.3, 0.4) is 0 Å². The van der Waals surface area contributed by atoms with Crippen LogP contribution in [-0.2, 0) is 11.3 Å². The maximum atomic E-state index is 13.0. The highest BCUT2D eigenvalue weighted by molar-refractivity contribution is 8.00. The Morgan fingerprint density at radius 2 is 2.11 bits per heavy atom. The van der Waals surface area contributed by atoms with E-state index in [2.05, 4.69) is 35.8 Å². The molecule has 1 saturated carbocycles. The molecule has 0 aliphatic heterocycles. The fourth-order valence-corrected chi connectivity index (χ4v) is 4.77. The SMILES string of the molecule is C=CCn1c(SC(C)C(=O)N(C)C2CCCCC2)nnc1-c1cccc(C)c1. The van der Waals surface area contributed by atoms with Crippen molar-refractivity contribution in [3.63, 3.8) is 0 Å². The molecule has 1 fully saturated rings. The van der Waals surface area contributed by atoms with E-state index < -0.39 is 0 Å². The van der Waals surface area contributed by atoms with Crippen LogP contribution in [0.5, 0.6) is 0 Å². The Hall–Kier alpha value is -2.08. The van der Waals surface area contributed by atoms with Crippen LogP contribution in [0.15, 0.2) is 42.1 Å². The Labute approximate surface area is 172 Å². The van der Waals surface area contributed by atoms with Gasteiger partial charge in [0, 0.05) is 25.2 Å². The first-order valence-corrected chi connectivity index (χ1v) is 10.9. The average molecular weight is 399 g/mol. The summed E-state index contributed by atoms with van der Waals surface area (Å²) in [6.07, 6.45) is 7.80. The van der Waals surface area contributed by atoms with Gasteiger partial charge in [-0.2, -0.15) is 0 Å². The van der Waals surface area contributed by atoms with E-state index in [0.29, 0.717) is 12.6 Å². The van der Waals surface area contributed by atoms with E-state index in [0.717, 1.165) is 29.4 Å². The van der Waals surface area contributed by atoms with Gasteiger partial charge in [-0.1, -0.05) is 60.9 Å². The summed E-state index contributed by atoms with van der Waals surface area (Å²) in [5.74, 6) is 0.980. The molecule has 0 bridgehead atoms. The van der Waals surface area contributed by atoms with Crippen molar-refractivity contribution in [2.45, 2.75) is 68.9 Å². The summed E-state index contributed by atoms with van der Waals surface area (Å²) in [7, 11) is 1.95. The molecule has 28 heavy (non-hydrogen) atoms. The average Bonchev–Trinajstić information content (AvgIpc) is 3.10. The van der Waals surface area contributed by atoms with E-state index in [-0.39, 0.29) is 11.2 Å². The van der Waals surface area contributed by atoms with Gasteiger partial charge in [0.05, 0.1) is 5.25 Å². The van der Waals surface area contributed by atoms with Gasteiger partial charge in [-0.05, 0) is 32.8 Å². The van der Waals surface area contributed by atoms with Crippen LogP contribution in [0, 0.1) is 6.92 Å². The van der Waals surface area contributed by atoms with Crippen molar-refractivity contribution in [3.05, 3.63) is 42.5 Å². The largest absolute Gasteiger partial charge is 0.342 e. The number of thioether (sulfide) groups is 1. The number of aromatic nitrogens is 3. The summed E-state index contributed by atoms with van der Waals surface area (Å²) in [6.45, 7) is 8.51. The third-order valence-corrected chi connectivity index (χ3v) is 6.47. The number of allylic oxidation sites excluding steroid dienone is 1. The van der Waals surface area contributed by atoms with Crippen LogP contribution in [0.4, 0.5) is 0 Å². The van der Waals surface area contributed by atoms with E-state index in [1.807, 2.05) is 41.6 Å². The van der Waals surface area contributed by atoms with Gasteiger partial charge in [-0.15, -0.1) is 16.8 Å². The molecule has 0 N–H and O–H groups in total. The van der Waals surface area contributed by atoms with Crippen molar-refractivity contribution in [3.8, 4) is 11.4 Å². The minimum Gasteiger partial charge on any atom is -0.342 e. The number of nitrogens with zero attached hydrogens (tertiary/aromatic N) is 4. The van der Waals surface area contributed by atoms with E-state index in [4.69, 9.17) is 0 Å². The van der Waals surface area contributed by atoms with Gasteiger partial charge in [0.2, 0.25) is 5.91 Å². The first kappa shape index (κ1) is 20.6. The van der Waals surface area contributed by atoms with Crippen molar-refractivity contribution < 1.29 is 4.79 Å². The van der Waals surface area contributed by atoms with Crippen molar-refractivity contribution in [1.82, 2.24) is 19.7 Å². The second kappa shape index (κ2) is 9.41. The lowest BCUT2D eigenvalue weighted by atomic mass is 9.94. The molecule has 1 unspecified atom stereocenters. The topological polar surface area (TPSA) is 51.0 Å². The molecule has 6 heteroatoms. The Bertz CT molecular complexity index is 826. The summed E-state index contributed by atoms with van der Waals surface area (Å²) in [5.41, 5.74) is 2.21. The number of carbonyl (C=O) groups is 1. The number of benzene rings is 1. The molecule has 1 heterocycles. The number of aryl methyl sites for hydroxylation is 1. The van der Waals surface area contributed by atoms with Crippen molar-refractivity contribution >= 4 is 17.7 Å². The predicted molar refractivity (Wildman–Crippen MR) is 115 cm³/mol. The summed E-state index contributed by atoms with van der Waals surface area (Å²) in [6, 6.07) is 8.60. The lowest BCUT2D eigenvalue weighted by molar-refractivity contribution is -0.131. The molecule has 5 nitrogen and oxygen atoms in total. The molecule has 0 radical (unpaired) electrons. The van der Waals surface area contributed by atoms with Crippen LogP contribution in [0.1, 0.15) is 44.6 Å². The molecule has 1 aromatic carbocycles. The van der Waals surface area contributed by atoms with Crippen LogP contribution in [0.2, 0.25) is 0 Å². The van der Waals surface area contributed by atoms with E-state index in [1.165, 1.54) is 36.6 Å². The zero-order chi connectivity index (χ0) is 20.1. The highest BCUT2D eigenvalue weighted by Crippen LogP contribution is 2.29. The minimum absolute atomic E-state index is 0.169. The van der Waals surface area contributed by atoms with Crippen molar-refractivity contribution in [2.24, 2.45) is 0 Å². The molecule has 1 aliphatic rings. The van der Waals surface area contributed by atoms with Crippen molar-refractivity contribution in [1.29, 1.82) is 0 Å². The minimum atomic E-state index is -0.204. The molecule has 0 spiro atoms. The Balaban J connectivity index is 1.77. The molecule has 3 rings (SSSR count). The fourth-order valence-electron chi connectivity index (χ4n) is 3.81. The number of hydrogen-bond acceptors (Lipinski definition) is 4. The highest BCUT2D eigenvalue weighted by atomic mass is 32.2. The van der Waals surface area contributed by atoms with Crippen LogP contribution in [-0.4, -0.2) is 43.9 Å². The van der Waals surface area contributed by atoms with Crippen LogP contribution >= 0.6 is 11.8 Å². The Morgan fingerprint density at radius 3 is 2.79 bits per heavy atom. The zero-order valence-electron chi connectivity index (χ0n) is 17.1. The maximum absolute atomic E-state index is 13.0. The maximum Gasteiger partial charge on any atom is 0.235 e. The van der Waals surface area contributed by atoms with Gasteiger partial charge in [0.15, 0.2) is 11.0 Å². The first-order valence-electron chi connectivity index (χ1n) is 10.1. The summed E-state index contributed by atoms with van der Waals surface area (Å²) in [5, 5.41) is 9.36. The molecule has 1 atom stereocenters. The van der Waals surface area contributed by atoms with E-state index >= 15 is 0 Å². The van der Waals surface area contributed by atoms with Crippen molar-refractivity contribution in [2.75, 3.05) is 7.05 Å². The lowest BCUT2D eigenvalue weighted by Crippen LogP contribution is -2.42. The smallest absolute Gasteiger partial charge is 0.235 e. The van der Waals surface area contributed by atoms with Crippen LogP contribution in [0.25, 0.3) is 11.4 Å². The fraction of sp³-hybridized carbons (Fsp3) is 0.500. The van der Waals surface area contributed by atoms with Gasteiger partial charge in [0.25, 0.3) is 0 Å². The second-order valence-electron chi connectivity index (χ2n) is 7.58. The summed E-state index contributed by atoms with van der Waals surface area (Å²) >= 11 is 1.48. The number of rotatable bonds is 7. The normalized spacial score (nSPS) is 16.0. The Morgan fingerprint density at radius 1 is 1.36 bits per heavy atom. The molecule has 1 aromatic heterocycles.